The molecule has 0 saturated heterocycles. The minimum absolute atomic E-state index is 0.573. The summed E-state index contributed by atoms with van der Waals surface area (Å²) in [6, 6.07) is 5.44. The maximum absolute atomic E-state index is 10.2. The molecule has 0 aliphatic heterocycles. The van der Waals surface area contributed by atoms with Crippen LogP contribution in [0.5, 0.6) is 5.75 Å². The Morgan fingerprint density at radius 2 is 2.38 bits per heavy atom. The van der Waals surface area contributed by atoms with Crippen LogP contribution in [-0.2, 0) is 4.79 Å². The van der Waals surface area contributed by atoms with Crippen molar-refractivity contribution in [2.45, 2.75) is 6.92 Å². The van der Waals surface area contributed by atoms with E-state index in [2.05, 4.69) is 21.2 Å². The van der Waals surface area contributed by atoms with Gasteiger partial charge in [0.1, 0.15) is 5.75 Å². The number of nitrogens with one attached hydrogen (secondary N) is 1. The maximum Gasteiger partial charge on any atom is 0.211 e. The number of carbonyl (C=O) groups is 1. The number of halogens is 1. The van der Waals surface area contributed by atoms with Crippen molar-refractivity contribution in [1.82, 2.24) is 0 Å². The van der Waals surface area contributed by atoms with E-state index in [0.29, 0.717) is 24.5 Å². The van der Waals surface area contributed by atoms with E-state index in [-0.39, 0.29) is 0 Å². The van der Waals surface area contributed by atoms with Gasteiger partial charge in [-0.15, -0.1) is 0 Å². The largest absolute Gasteiger partial charge is 0.492 e. The van der Waals surface area contributed by atoms with E-state index < -0.39 is 0 Å². The standard InChI is InChI=1S/C9H10BrNO2/c1-2-13-9-5-7(10)3-4-8(9)11-6-12/h3-6H,2H2,1H3,(H,11,12). The van der Waals surface area contributed by atoms with Crippen molar-refractivity contribution >= 4 is 28.0 Å². The number of amides is 1. The Bertz CT molecular complexity index is 302. The Balaban J connectivity index is 2.95. The number of ether oxygens (including phenoxy) is 1. The fourth-order valence-corrected chi connectivity index (χ4v) is 1.29. The predicted octanol–water partition coefficient (Wildman–Crippen LogP) is 2.42. The van der Waals surface area contributed by atoms with Gasteiger partial charge < -0.3 is 10.1 Å². The highest BCUT2D eigenvalue weighted by atomic mass is 79.9. The quantitative estimate of drug-likeness (QED) is 0.826. The summed E-state index contributed by atoms with van der Waals surface area (Å²) < 4.78 is 6.24. The summed E-state index contributed by atoms with van der Waals surface area (Å²) in [4.78, 5) is 10.2. The summed E-state index contributed by atoms with van der Waals surface area (Å²) in [6.07, 6.45) is 0.631. The fourth-order valence-electron chi connectivity index (χ4n) is 0.954. The van der Waals surface area contributed by atoms with Gasteiger partial charge in [-0.2, -0.15) is 0 Å². The monoisotopic (exact) mass is 243 g/mol. The molecule has 0 spiro atoms. The van der Waals surface area contributed by atoms with Crippen molar-refractivity contribution in [3.63, 3.8) is 0 Å². The van der Waals surface area contributed by atoms with Crippen molar-refractivity contribution in [3.8, 4) is 5.75 Å². The molecule has 0 bridgehead atoms. The lowest BCUT2D eigenvalue weighted by Crippen LogP contribution is -1.99. The topological polar surface area (TPSA) is 38.3 Å². The predicted molar refractivity (Wildman–Crippen MR) is 55.0 cm³/mol. The second-order valence-electron chi connectivity index (χ2n) is 2.34. The zero-order valence-corrected chi connectivity index (χ0v) is 8.80. The average Bonchev–Trinajstić information content (AvgIpc) is 2.10. The highest BCUT2D eigenvalue weighted by Gasteiger charge is 2.02. The third kappa shape index (κ3) is 2.73. The second kappa shape index (κ2) is 4.87. The summed E-state index contributed by atoms with van der Waals surface area (Å²) in [6.45, 7) is 2.47. The lowest BCUT2D eigenvalue weighted by Gasteiger charge is -2.08. The molecule has 1 rings (SSSR count). The normalized spacial score (nSPS) is 9.38. The van der Waals surface area contributed by atoms with Gasteiger partial charge in [0.2, 0.25) is 6.41 Å². The van der Waals surface area contributed by atoms with Crippen LogP contribution in [0.2, 0.25) is 0 Å². The lowest BCUT2D eigenvalue weighted by atomic mass is 10.3. The molecule has 1 N–H and O–H groups in total. The van der Waals surface area contributed by atoms with Crippen molar-refractivity contribution in [1.29, 1.82) is 0 Å². The van der Waals surface area contributed by atoms with Crippen molar-refractivity contribution in [3.05, 3.63) is 22.7 Å². The van der Waals surface area contributed by atoms with E-state index in [4.69, 9.17) is 4.74 Å². The van der Waals surface area contributed by atoms with Crippen LogP contribution >= 0.6 is 15.9 Å². The molecular formula is C9H10BrNO2. The summed E-state index contributed by atoms with van der Waals surface area (Å²) >= 11 is 3.32. The zero-order chi connectivity index (χ0) is 9.68. The number of hydrogen-bond donors (Lipinski definition) is 1. The molecule has 0 aliphatic rings. The van der Waals surface area contributed by atoms with Gasteiger partial charge in [-0.05, 0) is 25.1 Å². The third-order valence-corrected chi connectivity index (χ3v) is 1.95. The molecule has 1 aromatic carbocycles. The van der Waals surface area contributed by atoms with Crippen LogP contribution < -0.4 is 10.1 Å². The van der Waals surface area contributed by atoms with Crippen molar-refractivity contribution in [2.75, 3.05) is 11.9 Å². The van der Waals surface area contributed by atoms with Gasteiger partial charge >= 0.3 is 0 Å². The number of rotatable bonds is 4. The van der Waals surface area contributed by atoms with Gasteiger partial charge in [-0.25, -0.2) is 0 Å². The SMILES string of the molecule is CCOc1cc(Br)ccc1NC=O. The second-order valence-corrected chi connectivity index (χ2v) is 3.25. The molecule has 0 atom stereocenters. The molecule has 0 fully saturated rings. The summed E-state index contributed by atoms with van der Waals surface area (Å²) in [5.41, 5.74) is 0.681. The molecule has 1 aromatic rings. The first-order chi connectivity index (χ1) is 6.27. The van der Waals surface area contributed by atoms with E-state index in [1.807, 2.05) is 19.1 Å². The average molecular weight is 244 g/mol. The van der Waals surface area contributed by atoms with Gasteiger partial charge in [-0.3, -0.25) is 4.79 Å². The molecule has 0 aliphatic carbocycles. The molecule has 3 nitrogen and oxygen atoms in total. The fraction of sp³-hybridized carbons (Fsp3) is 0.222. The Morgan fingerprint density at radius 3 is 3.00 bits per heavy atom. The summed E-state index contributed by atoms with van der Waals surface area (Å²) in [5, 5.41) is 2.56. The molecular weight excluding hydrogens is 234 g/mol. The molecule has 0 saturated carbocycles. The number of anilines is 1. The van der Waals surface area contributed by atoms with Gasteiger partial charge in [0.05, 0.1) is 12.3 Å². The summed E-state index contributed by atoms with van der Waals surface area (Å²) in [5.74, 6) is 0.670. The molecule has 13 heavy (non-hydrogen) atoms. The first kappa shape index (κ1) is 10.1. The summed E-state index contributed by atoms with van der Waals surface area (Å²) in [7, 11) is 0. The Kier molecular flexibility index (Phi) is 3.76. The minimum atomic E-state index is 0.573. The van der Waals surface area contributed by atoms with E-state index in [1.165, 1.54) is 0 Å². The molecule has 4 heteroatoms. The zero-order valence-electron chi connectivity index (χ0n) is 7.21. The van der Waals surface area contributed by atoms with E-state index >= 15 is 0 Å². The number of hydrogen-bond acceptors (Lipinski definition) is 2. The van der Waals surface area contributed by atoms with Crippen LogP contribution in [0.4, 0.5) is 5.69 Å². The Hall–Kier alpha value is -1.03. The molecule has 0 unspecified atom stereocenters. The van der Waals surface area contributed by atoms with E-state index in [9.17, 15) is 4.79 Å². The molecule has 0 heterocycles. The Labute approximate surface area is 85.2 Å². The number of benzene rings is 1. The highest BCUT2D eigenvalue weighted by molar-refractivity contribution is 9.10. The molecule has 1 amide bonds. The van der Waals surface area contributed by atoms with Crippen molar-refractivity contribution in [2.24, 2.45) is 0 Å². The van der Waals surface area contributed by atoms with Crippen LogP contribution in [0, 0.1) is 0 Å². The molecule has 70 valence electrons. The van der Waals surface area contributed by atoms with Gasteiger partial charge in [0.25, 0.3) is 0 Å². The first-order valence-corrected chi connectivity index (χ1v) is 4.69. The lowest BCUT2D eigenvalue weighted by molar-refractivity contribution is -0.105. The van der Waals surface area contributed by atoms with E-state index in [1.54, 1.807) is 6.07 Å². The maximum atomic E-state index is 10.2. The van der Waals surface area contributed by atoms with Crippen LogP contribution in [-0.4, -0.2) is 13.0 Å². The first-order valence-electron chi connectivity index (χ1n) is 3.90. The minimum Gasteiger partial charge on any atom is -0.492 e. The van der Waals surface area contributed by atoms with Gasteiger partial charge in [0.15, 0.2) is 0 Å². The van der Waals surface area contributed by atoms with Gasteiger partial charge in [0, 0.05) is 4.47 Å². The van der Waals surface area contributed by atoms with Gasteiger partial charge in [-0.1, -0.05) is 15.9 Å². The Morgan fingerprint density at radius 1 is 1.62 bits per heavy atom. The highest BCUT2D eigenvalue weighted by Crippen LogP contribution is 2.27. The third-order valence-electron chi connectivity index (χ3n) is 1.46. The number of carbonyl (C=O) groups excluding carboxylic acids is 1. The van der Waals surface area contributed by atoms with Crippen molar-refractivity contribution < 1.29 is 9.53 Å². The van der Waals surface area contributed by atoms with Crippen LogP contribution in [0.15, 0.2) is 22.7 Å². The van der Waals surface area contributed by atoms with Crippen LogP contribution in [0.25, 0.3) is 0 Å². The van der Waals surface area contributed by atoms with E-state index in [0.717, 1.165) is 4.47 Å². The smallest absolute Gasteiger partial charge is 0.211 e. The van der Waals surface area contributed by atoms with Crippen LogP contribution in [0.3, 0.4) is 0 Å². The van der Waals surface area contributed by atoms with Crippen LogP contribution in [0.1, 0.15) is 6.92 Å². The molecule has 0 aromatic heterocycles. The molecule has 0 radical (unpaired) electrons.